The minimum atomic E-state index is -0.908. The number of rotatable bonds is 8. The molecule has 17 heavy (non-hydrogen) atoms. The van der Waals surface area contributed by atoms with Gasteiger partial charge in [0.05, 0.1) is 12.2 Å². The lowest BCUT2D eigenvalue weighted by Crippen LogP contribution is -2.01. The van der Waals surface area contributed by atoms with Crippen LogP contribution in [0.2, 0.25) is 0 Å². The summed E-state index contributed by atoms with van der Waals surface area (Å²) in [7, 11) is 0. The molecule has 0 aliphatic heterocycles. The quantitative estimate of drug-likeness (QED) is 0.678. The summed E-state index contributed by atoms with van der Waals surface area (Å²) in [5.41, 5.74) is 6.58. The summed E-state index contributed by atoms with van der Waals surface area (Å²) in [4.78, 5) is 10.7. The average molecular weight is 237 g/mol. The van der Waals surface area contributed by atoms with Gasteiger partial charge in [0.2, 0.25) is 0 Å². The van der Waals surface area contributed by atoms with Crippen LogP contribution >= 0.6 is 0 Å². The molecule has 0 spiro atoms. The summed E-state index contributed by atoms with van der Waals surface area (Å²) in [6, 6.07) is 6.82. The summed E-state index contributed by atoms with van der Waals surface area (Å²) in [5, 5.41) is 8.83. The first-order chi connectivity index (χ1) is 8.24. The molecule has 0 amide bonds. The highest BCUT2D eigenvalue weighted by molar-refractivity contribution is 5.87. The highest BCUT2D eigenvalue weighted by Crippen LogP contribution is 2.07. The molecule has 3 N–H and O–H groups in total. The van der Waals surface area contributed by atoms with Crippen LogP contribution in [-0.2, 0) is 11.3 Å². The molecular weight excluding hydrogens is 218 g/mol. The van der Waals surface area contributed by atoms with Gasteiger partial charge in [-0.25, -0.2) is 4.79 Å². The van der Waals surface area contributed by atoms with Crippen molar-refractivity contribution >= 4 is 5.97 Å². The number of carboxylic acids is 1. The molecule has 4 heteroatoms. The zero-order valence-corrected chi connectivity index (χ0v) is 9.89. The molecule has 0 aliphatic rings. The predicted octanol–water partition coefficient (Wildman–Crippen LogP) is 2.03. The van der Waals surface area contributed by atoms with Crippen LogP contribution in [0.1, 0.15) is 35.2 Å². The van der Waals surface area contributed by atoms with E-state index in [1.54, 1.807) is 18.2 Å². The lowest BCUT2D eigenvalue weighted by molar-refractivity contribution is 0.0696. The van der Waals surface area contributed by atoms with Gasteiger partial charge in [0.15, 0.2) is 0 Å². The maximum absolute atomic E-state index is 10.7. The Hall–Kier alpha value is -1.39. The highest BCUT2D eigenvalue weighted by Gasteiger charge is 2.02. The zero-order chi connectivity index (χ0) is 12.5. The Morgan fingerprint density at radius 2 is 2.12 bits per heavy atom. The van der Waals surface area contributed by atoms with Crippen molar-refractivity contribution in [1.82, 2.24) is 0 Å². The Balaban J connectivity index is 2.27. The van der Waals surface area contributed by atoms with Crippen LogP contribution in [0, 0.1) is 0 Å². The standard InChI is InChI=1S/C13H19NO3/c14-7-2-1-3-8-17-10-11-5-4-6-12(9-11)13(15)16/h4-6,9H,1-3,7-8,10,14H2,(H,15,16). The largest absolute Gasteiger partial charge is 0.478 e. The number of hydrogen-bond acceptors (Lipinski definition) is 3. The summed E-state index contributed by atoms with van der Waals surface area (Å²) >= 11 is 0. The molecule has 4 nitrogen and oxygen atoms in total. The second-order valence-corrected chi connectivity index (χ2v) is 3.91. The van der Waals surface area contributed by atoms with Crippen molar-refractivity contribution in [2.45, 2.75) is 25.9 Å². The first kappa shape index (κ1) is 13.7. The van der Waals surface area contributed by atoms with E-state index in [-0.39, 0.29) is 0 Å². The molecular formula is C13H19NO3. The van der Waals surface area contributed by atoms with E-state index in [0.717, 1.165) is 31.4 Å². The maximum atomic E-state index is 10.7. The Kier molecular flexibility index (Phi) is 6.29. The third-order valence-corrected chi connectivity index (χ3v) is 2.44. The van der Waals surface area contributed by atoms with Crippen LogP contribution in [0.4, 0.5) is 0 Å². The maximum Gasteiger partial charge on any atom is 0.335 e. The molecule has 0 heterocycles. The minimum absolute atomic E-state index is 0.300. The van der Waals surface area contributed by atoms with E-state index < -0.39 is 5.97 Å². The fraction of sp³-hybridized carbons (Fsp3) is 0.462. The summed E-state index contributed by atoms with van der Waals surface area (Å²) in [6.07, 6.45) is 3.10. The number of unbranched alkanes of at least 4 members (excludes halogenated alkanes) is 2. The molecule has 0 aromatic heterocycles. The summed E-state index contributed by atoms with van der Waals surface area (Å²) < 4.78 is 5.47. The number of nitrogens with two attached hydrogens (primary N) is 1. The van der Waals surface area contributed by atoms with E-state index in [1.807, 2.05) is 6.07 Å². The van der Waals surface area contributed by atoms with Crippen molar-refractivity contribution in [3.8, 4) is 0 Å². The van der Waals surface area contributed by atoms with Crippen LogP contribution in [-0.4, -0.2) is 24.2 Å². The number of carboxylic acid groups (broad SMARTS) is 1. The molecule has 0 saturated heterocycles. The number of aromatic carboxylic acids is 1. The van der Waals surface area contributed by atoms with E-state index in [9.17, 15) is 4.79 Å². The predicted molar refractivity (Wildman–Crippen MR) is 66.0 cm³/mol. The van der Waals surface area contributed by atoms with Crippen molar-refractivity contribution < 1.29 is 14.6 Å². The van der Waals surface area contributed by atoms with E-state index >= 15 is 0 Å². The van der Waals surface area contributed by atoms with Gasteiger partial charge in [-0.15, -0.1) is 0 Å². The van der Waals surface area contributed by atoms with Gasteiger partial charge in [-0.1, -0.05) is 12.1 Å². The molecule has 0 fully saturated rings. The third kappa shape index (κ3) is 5.47. The number of hydrogen-bond donors (Lipinski definition) is 2. The van der Waals surface area contributed by atoms with Gasteiger partial charge in [0.25, 0.3) is 0 Å². The third-order valence-electron chi connectivity index (χ3n) is 2.44. The van der Waals surface area contributed by atoms with Gasteiger partial charge in [0.1, 0.15) is 0 Å². The summed E-state index contributed by atoms with van der Waals surface area (Å²) in [6.45, 7) is 1.88. The zero-order valence-electron chi connectivity index (χ0n) is 9.89. The fourth-order valence-corrected chi connectivity index (χ4v) is 1.51. The Morgan fingerprint density at radius 1 is 1.29 bits per heavy atom. The van der Waals surface area contributed by atoms with Crippen molar-refractivity contribution in [1.29, 1.82) is 0 Å². The Bertz CT molecular complexity index is 352. The van der Waals surface area contributed by atoms with Crippen molar-refractivity contribution in [2.24, 2.45) is 5.73 Å². The van der Waals surface area contributed by atoms with Gasteiger partial charge in [-0.2, -0.15) is 0 Å². The van der Waals surface area contributed by atoms with Crippen LogP contribution in [0.5, 0.6) is 0 Å². The van der Waals surface area contributed by atoms with Crippen molar-refractivity contribution in [2.75, 3.05) is 13.2 Å². The van der Waals surface area contributed by atoms with Gasteiger partial charge < -0.3 is 15.6 Å². The molecule has 0 radical (unpaired) electrons. The number of ether oxygens (including phenoxy) is 1. The Labute approximate surface area is 101 Å². The number of carbonyl (C=O) groups is 1. The monoisotopic (exact) mass is 237 g/mol. The first-order valence-corrected chi connectivity index (χ1v) is 5.84. The average Bonchev–Trinajstić information content (AvgIpc) is 2.34. The van der Waals surface area contributed by atoms with Gasteiger partial charge in [-0.3, -0.25) is 0 Å². The molecule has 0 aliphatic carbocycles. The molecule has 1 aromatic rings. The molecule has 1 aromatic carbocycles. The second-order valence-electron chi connectivity index (χ2n) is 3.91. The van der Waals surface area contributed by atoms with Crippen LogP contribution in [0.15, 0.2) is 24.3 Å². The van der Waals surface area contributed by atoms with Gasteiger partial charge >= 0.3 is 5.97 Å². The Morgan fingerprint density at radius 3 is 2.82 bits per heavy atom. The van der Waals surface area contributed by atoms with E-state index in [4.69, 9.17) is 15.6 Å². The molecule has 94 valence electrons. The molecule has 0 bridgehead atoms. The first-order valence-electron chi connectivity index (χ1n) is 5.84. The molecule has 0 saturated carbocycles. The fourth-order valence-electron chi connectivity index (χ4n) is 1.51. The normalized spacial score (nSPS) is 10.4. The summed E-state index contributed by atoms with van der Waals surface area (Å²) in [5.74, 6) is -0.908. The van der Waals surface area contributed by atoms with Crippen LogP contribution < -0.4 is 5.73 Å². The molecule has 1 rings (SSSR count). The van der Waals surface area contributed by atoms with Crippen LogP contribution in [0.25, 0.3) is 0 Å². The van der Waals surface area contributed by atoms with E-state index in [2.05, 4.69) is 0 Å². The molecule has 0 unspecified atom stereocenters. The van der Waals surface area contributed by atoms with Crippen molar-refractivity contribution in [3.05, 3.63) is 35.4 Å². The molecule has 0 atom stereocenters. The second kappa shape index (κ2) is 7.81. The van der Waals surface area contributed by atoms with Crippen LogP contribution in [0.3, 0.4) is 0 Å². The number of benzene rings is 1. The van der Waals surface area contributed by atoms with Gasteiger partial charge in [0, 0.05) is 6.61 Å². The lowest BCUT2D eigenvalue weighted by atomic mass is 10.1. The lowest BCUT2D eigenvalue weighted by Gasteiger charge is -2.05. The minimum Gasteiger partial charge on any atom is -0.478 e. The topological polar surface area (TPSA) is 72.5 Å². The van der Waals surface area contributed by atoms with Crippen molar-refractivity contribution in [3.63, 3.8) is 0 Å². The SMILES string of the molecule is NCCCCCOCc1cccc(C(=O)O)c1. The van der Waals surface area contributed by atoms with Gasteiger partial charge in [-0.05, 0) is 43.5 Å². The smallest absolute Gasteiger partial charge is 0.335 e. The van der Waals surface area contributed by atoms with E-state index in [1.165, 1.54) is 0 Å². The highest BCUT2D eigenvalue weighted by atomic mass is 16.5. The van der Waals surface area contributed by atoms with E-state index in [0.29, 0.717) is 18.8 Å².